The number of rotatable bonds is 5. The number of β-amino-alcohol motifs (C(OH)–C–C–N with tert-alkyl or cyclic N) is 1. The van der Waals surface area contributed by atoms with Crippen LogP contribution in [-0.4, -0.2) is 60.1 Å². The second-order valence-corrected chi connectivity index (χ2v) is 7.89. The van der Waals surface area contributed by atoms with Crippen molar-refractivity contribution < 1.29 is 14.8 Å². The summed E-state index contributed by atoms with van der Waals surface area (Å²) in [6, 6.07) is 12.5. The molecule has 2 aliphatic rings. The van der Waals surface area contributed by atoms with Gasteiger partial charge in [-0.25, -0.2) is 0 Å². The Kier molecular flexibility index (Phi) is 5.69. The Labute approximate surface area is 175 Å². The summed E-state index contributed by atoms with van der Waals surface area (Å²) in [5.74, 6) is 0.0490. The quantitative estimate of drug-likeness (QED) is 0.601. The van der Waals surface area contributed by atoms with Crippen molar-refractivity contribution >= 4 is 23.0 Å². The molecule has 30 heavy (non-hydrogen) atoms. The number of hydrogen-bond acceptors (Lipinski definition) is 6. The maximum absolute atomic E-state index is 11.7. The number of nitrogens with zero attached hydrogens (tertiary/aromatic N) is 4. The molecule has 158 valence electrons. The third-order valence-corrected chi connectivity index (χ3v) is 5.99. The number of nitro groups is 1. The molecule has 2 aliphatic heterocycles. The molecule has 0 aromatic heterocycles. The minimum absolute atomic E-state index is 0.0490. The smallest absolute Gasteiger partial charge is 0.269 e. The van der Waals surface area contributed by atoms with Crippen molar-refractivity contribution in [2.24, 2.45) is 0 Å². The van der Waals surface area contributed by atoms with E-state index in [0.29, 0.717) is 13.1 Å². The van der Waals surface area contributed by atoms with Gasteiger partial charge in [-0.15, -0.1) is 0 Å². The molecule has 1 amide bonds. The largest absolute Gasteiger partial charge is 0.387 e. The van der Waals surface area contributed by atoms with Gasteiger partial charge in [0.15, 0.2) is 0 Å². The molecule has 1 fully saturated rings. The highest BCUT2D eigenvalue weighted by atomic mass is 16.6. The fraction of sp³-hybridized carbons (Fsp3) is 0.409. The van der Waals surface area contributed by atoms with Crippen molar-refractivity contribution in [1.82, 2.24) is 4.90 Å². The second kappa shape index (κ2) is 8.41. The molecular formula is C22H26N4O4. The van der Waals surface area contributed by atoms with E-state index < -0.39 is 6.10 Å². The number of anilines is 2. The first-order chi connectivity index (χ1) is 14.4. The molecule has 0 unspecified atom stereocenters. The number of aliphatic hydroxyl groups is 1. The number of nitro benzene ring substituents is 1. The summed E-state index contributed by atoms with van der Waals surface area (Å²) < 4.78 is 0. The minimum atomic E-state index is -0.576. The van der Waals surface area contributed by atoms with E-state index in [0.717, 1.165) is 55.1 Å². The van der Waals surface area contributed by atoms with Crippen molar-refractivity contribution in [1.29, 1.82) is 0 Å². The molecule has 1 saturated heterocycles. The van der Waals surface area contributed by atoms with Gasteiger partial charge in [0.1, 0.15) is 0 Å². The van der Waals surface area contributed by atoms with E-state index >= 15 is 0 Å². The Morgan fingerprint density at radius 1 is 1.10 bits per heavy atom. The van der Waals surface area contributed by atoms with Crippen LogP contribution >= 0.6 is 0 Å². The summed E-state index contributed by atoms with van der Waals surface area (Å²) in [4.78, 5) is 28.3. The summed E-state index contributed by atoms with van der Waals surface area (Å²) in [5.41, 5.74) is 4.03. The zero-order chi connectivity index (χ0) is 21.3. The van der Waals surface area contributed by atoms with Crippen LogP contribution in [0, 0.1) is 10.1 Å². The Balaban J connectivity index is 1.33. The number of piperazine rings is 1. The highest BCUT2D eigenvalue weighted by Gasteiger charge is 2.25. The lowest BCUT2D eigenvalue weighted by molar-refractivity contribution is -0.384. The van der Waals surface area contributed by atoms with Crippen molar-refractivity contribution in [3.63, 3.8) is 0 Å². The first-order valence-corrected chi connectivity index (χ1v) is 10.2. The van der Waals surface area contributed by atoms with Crippen molar-refractivity contribution in [3.05, 3.63) is 63.7 Å². The molecule has 0 saturated carbocycles. The van der Waals surface area contributed by atoms with Crippen LogP contribution in [0.15, 0.2) is 42.5 Å². The summed E-state index contributed by atoms with van der Waals surface area (Å²) in [5, 5.41) is 21.5. The van der Waals surface area contributed by atoms with Crippen LogP contribution in [0.5, 0.6) is 0 Å². The minimum Gasteiger partial charge on any atom is -0.387 e. The number of aliphatic hydroxyl groups excluding tert-OH is 1. The van der Waals surface area contributed by atoms with Crippen LogP contribution in [0.1, 0.15) is 24.2 Å². The van der Waals surface area contributed by atoms with E-state index in [1.54, 1.807) is 24.0 Å². The third kappa shape index (κ3) is 4.15. The Morgan fingerprint density at radius 2 is 1.80 bits per heavy atom. The number of hydrogen-bond donors (Lipinski definition) is 1. The van der Waals surface area contributed by atoms with Crippen molar-refractivity contribution in [2.45, 2.75) is 19.4 Å². The predicted molar refractivity (Wildman–Crippen MR) is 115 cm³/mol. The molecule has 0 bridgehead atoms. The van der Waals surface area contributed by atoms with Crippen molar-refractivity contribution in [2.75, 3.05) is 49.1 Å². The molecule has 0 radical (unpaired) electrons. The van der Waals surface area contributed by atoms with Gasteiger partial charge in [0, 0.05) is 69.7 Å². The number of fused-ring (bicyclic) bond motifs is 1. The van der Waals surface area contributed by atoms with E-state index in [2.05, 4.69) is 9.80 Å². The molecular weight excluding hydrogens is 384 g/mol. The van der Waals surface area contributed by atoms with E-state index in [9.17, 15) is 20.0 Å². The fourth-order valence-corrected chi connectivity index (χ4v) is 4.28. The monoisotopic (exact) mass is 410 g/mol. The van der Waals surface area contributed by atoms with Crippen LogP contribution in [-0.2, 0) is 11.2 Å². The highest BCUT2D eigenvalue weighted by Crippen LogP contribution is 2.31. The molecule has 8 nitrogen and oxygen atoms in total. The molecule has 1 N–H and O–H groups in total. The highest BCUT2D eigenvalue weighted by molar-refractivity contribution is 5.93. The van der Waals surface area contributed by atoms with Gasteiger partial charge in [0.25, 0.3) is 5.69 Å². The summed E-state index contributed by atoms with van der Waals surface area (Å²) in [6.45, 7) is 6.09. The normalized spacial score (nSPS) is 17.7. The lowest BCUT2D eigenvalue weighted by atomic mass is 10.0. The molecule has 2 aromatic rings. The lowest BCUT2D eigenvalue weighted by Crippen LogP contribution is -2.47. The summed E-state index contributed by atoms with van der Waals surface area (Å²) in [6.07, 6.45) is 0.247. The lowest BCUT2D eigenvalue weighted by Gasteiger charge is -2.37. The number of carbonyl (C=O) groups excluding carboxylic acids is 1. The maximum Gasteiger partial charge on any atom is 0.269 e. The molecule has 2 aromatic carbocycles. The molecule has 1 atom stereocenters. The maximum atomic E-state index is 11.7. The van der Waals surface area contributed by atoms with Crippen LogP contribution in [0.4, 0.5) is 17.1 Å². The first-order valence-electron chi connectivity index (χ1n) is 10.2. The van der Waals surface area contributed by atoms with E-state index in [1.165, 1.54) is 12.1 Å². The number of carbonyl (C=O) groups is 1. The molecule has 2 heterocycles. The zero-order valence-corrected chi connectivity index (χ0v) is 17.0. The fourth-order valence-electron chi connectivity index (χ4n) is 4.28. The zero-order valence-electron chi connectivity index (χ0n) is 17.0. The summed E-state index contributed by atoms with van der Waals surface area (Å²) in [7, 11) is 0. The van der Waals surface area contributed by atoms with Gasteiger partial charge in [0.05, 0.1) is 11.0 Å². The van der Waals surface area contributed by atoms with Gasteiger partial charge in [0.2, 0.25) is 5.91 Å². The number of benzene rings is 2. The Bertz CT molecular complexity index is 939. The van der Waals surface area contributed by atoms with Crippen LogP contribution in [0.25, 0.3) is 0 Å². The predicted octanol–water partition coefficient (Wildman–Crippen LogP) is 2.36. The van der Waals surface area contributed by atoms with Gasteiger partial charge in [-0.1, -0.05) is 12.1 Å². The molecule has 4 rings (SSSR count). The Morgan fingerprint density at radius 3 is 2.43 bits per heavy atom. The van der Waals surface area contributed by atoms with Gasteiger partial charge in [-0.3, -0.25) is 19.8 Å². The standard InChI is InChI=1S/C22H26N4O4/c1-16(27)25-9-8-17-14-18(2-7-21(17)25)22(28)15-23-10-12-24(13-11-23)19-3-5-20(6-4-19)26(29)30/h2-7,14,22,28H,8-13,15H2,1H3/t22-/m1/s1. The van der Waals surface area contributed by atoms with Crippen molar-refractivity contribution in [3.8, 4) is 0 Å². The van der Waals surface area contributed by atoms with Crippen LogP contribution in [0.3, 0.4) is 0 Å². The number of non-ortho nitro benzene ring substituents is 1. The topological polar surface area (TPSA) is 90.2 Å². The SMILES string of the molecule is CC(=O)N1CCc2cc([C@H](O)CN3CCN(c4ccc([N+](=O)[O-])cc4)CC3)ccc21. The van der Waals surface area contributed by atoms with Gasteiger partial charge in [-0.2, -0.15) is 0 Å². The molecule has 0 spiro atoms. The summed E-state index contributed by atoms with van der Waals surface area (Å²) >= 11 is 0. The molecule has 0 aliphatic carbocycles. The van der Waals surface area contributed by atoms with Crippen LogP contribution < -0.4 is 9.80 Å². The van der Waals surface area contributed by atoms with Gasteiger partial charge >= 0.3 is 0 Å². The first kappa shape index (κ1) is 20.3. The Hall–Kier alpha value is -2.97. The number of amides is 1. The third-order valence-electron chi connectivity index (χ3n) is 5.99. The van der Waals surface area contributed by atoms with Gasteiger partial charge in [-0.05, 0) is 35.7 Å². The van der Waals surface area contributed by atoms with E-state index in [-0.39, 0.29) is 16.5 Å². The van der Waals surface area contributed by atoms with Gasteiger partial charge < -0.3 is 14.9 Å². The second-order valence-electron chi connectivity index (χ2n) is 7.89. The average molecular weight is 410 g/mol. The van der Waals surface area contributed by atoms with E-state index in [4.69, 9.17) is 0 Å². The van der Waals surface area contributed by atoms with Crippen LogP contribution in [0.2, 0.25) is 0 Å². The average Bonchev–Trinajstić information content (AvgIpc) is 3.18. The van der Waals surface area contributed by atoms with E-state index in [1.807, 2.05) is 18.2 Å². The molecule has 8 heteroatoms.